The quantitative estimate of drug-likeness (QED) is 0.588. The molecule has 0 aromatic heterocycles. The number of benzene rings is 1. The molecular weight excluding hydrogens is 212 g/mol. The number of aryl methyl sites for hydroxylation is 1. The number of hydrogen-bond donors (Lipinski definition) is 0. The Morgan fingerprint density at radius 3 is 2.82 bits per heavy atom. The van der Waals surface area contributed by atoms with Crippen LogP contribution in [0, 0.1) is 0 Å². The number of carbonyl (C=O) groups is 1. The Bertz CT molecular complexity index is 462. The van der Waals surface area contributed by atoms with Gasteiger partial charge in [-0.2, -0.15) is 0 Å². The van der Waals surface area contributed by atoms with Crippen molar-refractivity contribution in [2.24, 2.45) is 0 Å². The summed E-state index contributed by atoms with van der Waals surface area (Å²) in [5, 5.41) is 0. The molecule has 1 aromatic rings. The van der Waals surface area contributed by atoms with Crippen LogP contribution in [0.25, 0.3) is 0 Å². The third-order valence-electron chi connectivity index (χ3n) is 3.51. The number of carbonyl (C=O) groups excluding carboxylic acids is 1. The minimum atomic E-state index is -0.438. The maximum Gasteiger partial charge on any atom is 0.333 e. The van der Waals surface area contributed by atoms with E-state index in [2.05, 4.69) is 25.6 Å². The molecule has 2 rings (SSSR count). The Balaban J connectivity index is 2.34. The van der Waals surface area contributed by atoms with Gasteiger partial charge in [-0.05, 0) is 37.3 Å². The van der Waals surface area contributed by atoms with E-state index in [-0.39, 0.29) is 5.97 Å². The van der Waals surface area contributed by atoms with E-state index >= 15 is 0 Å². The maximum absolute atomic E-state index is 11.8. The molecule has 0 saturated carbocycles. The highest BCUT2D eigenvalue weighted by atomic mass is 16.6. The van der Waals surface area contributed by atoms with Gasteiger partial charge in [0.25, 0.3) is 0 Å². The van der Waals surface area contributed by atoms with Crippen molar-refractivity contribution in [3.05, 3.63) is 47.5 Å². The average molecular weight is 230 g/mol. The van der Waals surface area contributed by atoms with Crippen LogP contribution in [0.15, 0.2) is 36.4 Å². The molecule has 1 atom stereocenters. The second-order valence-electron chi connectivity index (χ2n) is 4.67. The Hall–Kier alpha value is -1.57. The fourth-order valence-corrected chi connectivity index (χ4v) is 2.46. The first kappa shape index (κ1) is 11.9. The molecule has 0 heterocycles. The van der Waals surface area contributed by atoms with E-state index in [1.165, 1.54) is 5.56 Å². The lowest BCUT2D eigenvalue weighted by Gasteiger charge is -2.29. The van der Waals surface area contributed by atoms with Gasteiger partial charge in [-0.1, -0.05) is 37.8 Å². The molecule has 1 aliphatic carbocycles. The van der Waals surface area contributed by atoms with Crippen molar-refractivity contribution in [3.63, 3.8) is 0 Å². The molecule has 0 saturated heterocycles. The molecule has 1 aromatic carbocycles. The third kappa shape index (κ3) is 1.99. The summed E-state index contributed by atoms with van der Waals surface area (Å²) in [6.07, 6.45) is 2.67. The van der Waals surface area contributed by atoms with Crippen molar-refractivity contribution in [3.8, 4) is 0 Å². The van der Waals surface area contributed by atoms with Gasteiger partial charge in [0, 0.05) is 5.57 Å². The van der Waals surface area contributed by atoms with Crippen LogP contribution in [0.2, 0.25) is 0 Å². The van der Waals surface area contributed by atoms with Gasteiger partial charge >= 0.3 is 5.97 Å². The molecule has 0 aliphatic heterocycles. The minimum Gasteiger partial charge on any atom is -0.451 e. The molecule has 0 radical (unpaired) electrons. The summed E-state index contributed by atoms with van der Waals surface area (Å²) in [4.78, 5) is 11.8. The second-order valence-corrected chi connectivity index (χ2v) is 4.67. The highest BCUT2D eigenvalue weighted by Gasteiger charge is 2.40. The largest absolute Gasteiger partial charge is 0.451 e. The minimum absolute atomic E-state index is 0.288. The Labute approximate surface area is 102 Å². The molecule has 0 spiro atoms. The third-order valence-corrected chi connectivity index (χ3v) is 3.51. The number of rotatable bonds is 3. The first-order valence-corrected chi connectivity index (χ1v) is 6.06. The zero-order valence-corrected chi connectivity index (χ0v) is 10.5. The number of fused-ring (bicyclic) bond motifs is 1. The summed E-state index contributed by atoms with van der Waals surface area (Å²) >= 11 is 0. The smallest absolute Gasteiger partial charge is 0.333 e. The summed E-state index contributed by atoms with van der Waals surface area (Å²) in [5.74, 6) is -0.288. The molecule has 0 N–H and O–H groups in total. The number of ether oxygens (including phenoxy) is 1. The van der Waals surface area contributed by atoms with Crippen LogP contribution in [-0.2, 0) is 21.6 Å². The zero-order valence-electron chi connectivity index (χ0n) is 10.5. The lowest BCUT2D eigenvalue weighted by molar-refractivity contribution is -0.156. The first-order valence-electron chi connectivity index (χ1n) is 6.06. The van der Waals surface area contributed by atoms with Gasteiger partial charge in [-0.25, -0.2) is 4.79 Å². The second kappa shape index (κ2) is 4.36. The molecule has 1 aliphatic rings. The van der Waals surface area contributed by atoms with Gasteiger partial charge in [0.15, 0.2) is 0 Å². The molecular formula is C15H18O2. The van der Waals surface area contributed by atoms with Crippen molar-refractivity contribution in [2.45, 2.75) is 38.7 Å². The van der Waals surface area contributed by atoms with Gasteiger partial charge in [0.2, 0.25) is 0 Å². The van der Waals surface area contributed by atoms with Crippen LogP contribution in [-0.4, -0.2) is 5.97 Å². The Kier molecular flexibility index (Phi) is 3.05. The van der Waals surface area contributed by atoms with E-state index in [1.54, 1.807) is 6.92 Å². The maximum atomic E-state index is 11.8. The topological polar surface area (TPSA) is 26.3 Å². The van der Waals surface area contributed by atoms with Crippen molar-refractivity contribution in [2.75, 3.05) is 0 Å². The first-order chi connectivity index (χ1) is 8.09. The average Bonchev–Trinajstić information content (AvgIpc) is 2.69. The fraction of sp³-hybridized carbons (Fsp3) is 0.400. The van der Waals surface area contributed by atoms with E-state index < -0.39 is 5.60 Å². The van der Waals surface area contributed by atoms with Gasteiger partial charge in [0.1, 0.15) is 5.60 Å². The van der Waals surface area contributed by atoms with Crippen molar-refractivity contribution < 1.29 is 9.53 Å². The molecule has 17 heavy (non-hydrogen) atoms. The van der Waals surface area contributed by atoms with Gasteiger partial charge in [-0.15, -0.1) is 0 Å². The molecule has 2 heteroatoms. The van der Waals surface area contributed by atoms with Gasteiger partial charge in [-0.3, -0.25) is 0 Å². The Morgan fingerprint density at radius 1 is 1.47 bits per heavy atom. The molecule has 2 nitrogen and oxygen atoms in total. The summed E-state index contributed by atoms with van der Waals surface area (Å²) in [5.41, 5.74) is 2.48. The summed E-state index contributed by atoms with van der Waals surface area (Å²) in [6, 6.07) is 8.22. The predicted octanol–water partition coefficient (Wildman–Crippen LogP) is 3.36. The Morgan fingerprint density at radius 2 is 2.18 bits per heavy atom. The molecule has 0 fully saturated rings. The van der Waals surface area contributed by atoms with Crippen LogP contribution in [0.5, 0.6) is 0 Å². The molecule has 0 amide bonds. The number of esters is 1. The van der Waals surface area contributed by atoms with E-state index in [0.29, 0.717) is 5.57 Å². The summed E-state index contributed by atoms with van der Waals surface area (Å²) < 4.78 is 5.70. The molecule has 90 valence electrons. The number of hydrogen-bond acceptors (Lipinski definition) is 2. The summed E-state index contributed by atoms with van der Waals surface area (Å²) in [7, 11) is 0. The standard InChI is InChI=1S/C15H18O2/c1-4-15(17-14(16)11(2)3)10-9-12-7-5-6-8-13(12)15/h5-8H,2,4,9-10H2,1,3H3. The van der Waals surface area contributed by atoms with E-state index in [1.807, 2.05) is 12.1 Å². The van der Waals surface area contributed by atoms with Gasteiger partial charge < -0.3 is 4.74 Å². The molecule has 0 bridgehead atoms. The van der Waals surface area contributed by atoms with Crippen LogP contribution in [0.4, 0.5) is 0 Å². The summed E-state index contributed by atoms with van der Waals surface area (Å²) in [6.45, 7) is 7.39. The van der Waals surface area contributed by atoms with Crippen molar-refractivity contribution in [1.29, 1.82) is 0 Å². The van der Waals surface area contributed by atoms with Crippen LogP contribution < -0.4 is 0 Å². The highest BCUT2D eigenvalue weighted by Crippen LogP contribution is 2.42. The lowest BCUT2D eigenvalue weighted by atomic mass is 9.93. The van der Waals surface area contributed by atoms with Crippen LogP contribution in [0.1, 0.15) is 37.8 Å². The lowest BCUT2D eigenvalue weighted by Crippen LogP contribution is -2.29. The predicted molar refractivity (Wildman–Crippen MR) is 67.6 cm³/mol. The van der Waals surface area contributed by atoms with Crippen LogP contribution in [0.3, 0.4) is 0 Å². The monoisotopic (exact) mass is 230 g/mol. The van der Waals surface area contributed by atoms with E-state index in [4.69, 9.17) is 4.74 Å². The molecule has 1 unspecified atom stereocenters. The van der Waals surface area contributed by atoms with Crippen molar-refractivity contribution >= 4 is 5.97 Å². The van der Waals surface area contributed by atoms with E-state index in [0.717, 1.165) is 24.8 Å². The van der Waals surface area contributed by atoms with E-state index in [9.17, 15) is 4.79 Å². The normalized spacial score (nSPS) is 22.0. The SMILES string of the molecule is C=C(C)C(=O)OC1(CC)CCc2ccccc21. The van der Waals surface area contributed by atoms with Gasteiger partial charge in [0.05, 0.1) is 0 Å². The highest BCUT2D eigenvalue weighted by molar-refractivity contribution is 5.87. The van der Waals surface area contributed by atoms with Crippen LogP contribution >= 0.6 is 0 Å². The van der Waals surface area contributed by atoms with Crippen molar-refractivity contribution in [1.82, 2.24) is 0 Å². The zero-order chi connectivity index (χ0) is 12.5. The fourth-order valence-electron chi connectivity index (χ4n) is 2.46.